The quantitative estimate of drug-likeness (QED) is 0.0724. The molecule has 7 atom stereocenters. The Morgan fingerprint density at radius 2 is 1.57 bits per heavy atom. The number of carbonyl (C=O) groups excluding carboxylic acids is 7. The molecule has 12 N–H and O–H groups in total. The fourth-order valence-electron chi connectivity index (χ4n) is 6.70. The molecule has 2 saturated heterocycles. The fourth-order valence-corrected chi connectivity index (χ4v) is 7.17. The summed E-state index contributed by atoms with van der Waals surface area (Å²) in [5.74, 6) is -4.95. The number of carboxylic acids is 1. The van der Waals surface area contributed by atoms with Gasteiger partial charge >= 0.3 is 18.0 Å². The number of urea groups is 2. The van der Waals surface area contributed by atoms with Crippen LogP contribution in [0.2, 0.25) is 0 Å². The highest BCUT2D eigenvalue weighted by molar-refractivity contribution is 7.98. The number of phenolic OH excluding ortho intramolecular Hbond substituents is 2. The number of imide groups is 1. The van der Waals surface area contributed by atoms with Crippen molar-refractivity contribution in [2.45, 2.75) is 81.6 Å². The lowest BCUT2D eigenvalue weighted by Gasteiger charge is -2.34. The number of amides is 9. The standard InChI is InChI=1S/C40H53N9O13S/c1-21(48(2)36(57)28(43-32(54)19-41)16-22-6-4-8-24(50)14-22)33(35(56)42-20-26-18-30(52)37(62-26)49-12-10-31(53)46-40(49)61)47-34(55)27(11-13-63-3)44-39(60)45-29(38(58)59)17-23-7-5-9-25(51)15-23/h4-9,14-15,20-21,27-30,33,37,50-52H,10-13,16-19,41H2,1-3H3,(H,42,56)(H,43,54)(H,47,55)(H,58,59)(H2,44,45,60)(H,46,53,61)/b26-20+/t21-,27+,28+,29-,30+,33-,37-/m1/s1. The van der Waals surface area contributed by atoms with E-state index in [1.165, 1.54) is 56.1 Å². The summed E-state index contributed by atoms with van der Waals surface area (Å²) in [5, 5.41) is 55.0. The maximum atomic E-state index is 14.1. The normalized spacial score (nSPS) is 19.0. The minimum Gasteiger partial charge on any atom is -0.508 e. The lowest BCUT2D eigenvalue weighted by molar-refractivity contribution is -0.140. The highest BCUT2D eigenvalue weighted by atomic mass is 32.2. The van der Waals surface area contributed by atoms with Crippen LogP contribution in [0.25, 0.3) is 0 Å². The average molecular weight is 900 g/mol. The van der Waals surface area contributed by atoms with Crippen molar-refractivity contribution < 1.29 is 63.5 Å². The number of likely N-dealkylation sites (N-methyl/N-ethyl adjacent to an activating group) is 1. The van der Waals surface area contributed by atoms with Crippen LogP contribution in [-0.2, 0) is 46.3 Å². The van der Waals surface area contributed by atoms with E-state index < -0.39 is 96.7 Å². The predicted molar refractivity (Wildman–Crippen MR) is 225 cm³/mol. The molecule has 0 saturated carbocycles. The molecule has 342 valence electrons. The molecular weight excluding hydrogens is 847 g/mol. The SMILES string of the molecule is CSCC[C@H](NC(=O)N[C@H](Cc1cccc(O)c1)C(=O)O)C(=O)N[C@@H](C(=O)N/C=C1\C[C@H](O)[C@H](N2CCC(=O)NC2=O)O1)[C@@H](C)N(C)C(=O)[C@H](Cc1cccc(O)c1)NC(=O)CN. The van der Waals surface area contributed by atoms with E-state index in [1.807, 2.05) is 0 Å². The van der Waals surface area contributed by atoms with Crippen LogP contribution in [0.5, 0.6) is 11.5 Å². The van der Waals surface area contributed by atoms with Crippen LogP contribution in [-0.4, -0.2) is 152 Å². The van der Waals surface area contributed by atoms with Crippen LogP contribution in [0.1, 0.15) is 37.3 Å². The summed E-state index contributed by atoms with van der Waals surface area (Å²) in [4.78, 5) is 106. The maximum Gasteiger partial charge on any atom is 0.327 e. The van der Waals surface area contributed by atoms with Gasteiger partial charge in [0.05, 0.1) is 12.6 Å². The zero-order valence-corrected chi connectivity index (χ0v) is 35.6. The van der Waals surface area contributed by atoms with Crippen LogP contribution in [0, 0.1) is 0 Å². The molecular formula is C40H53N9O13S. The number of hydrogen-bond acceptors (Lipinski definition) is 14. The molecule has 2 aromatic carbocycles. The molecule has 0 aromatic heterocycles. The molecule has 2 aliphatic heterocycles. The largest absolute Gasteiger partial charge is 0.508 e. The third-order valence-electron chi connectivity index (χ3n) is 10.2. The Morgan fingerprint density at radius 1 is 0.952 bits per heavy atom. The van der Waals surface area contributed by atoms with Gasteiger partial charge in [0.2, 0.25) is 35.8 Å². The monoisotopic (exact) mass is 899 g/mol. The number of aliphatic hydroxyl groups excluding tert-OH is 1. The smallest absolute Gasteiger partial charge is 0.327 e. The van der Waals surface area contributed by atoms with Gasteiger partial charge in [0, 0.05) is 45.5 Å². The van der Waals surface area contributed by atoms with Crippen molar-refractivity contribution in [1.82, 2.24) is 41.7 Å². The summed E-state index contributed by atoms with van der Waals surface area (Å²) in [5.41, 5.74) is 6.41. The van der Waals surface area contributed by atoms with E-state index in [-0.39, 0.29) is 55.9 Å². The molecule has 0 spiro atoms. The van der Waals surface area contributed by atoms with Crippen LogP contribution >= 0.6 is 11.8 Å². The van der Waals surface area contributed by atoms with Gasteiger partial charge in [-0.2, -0.15) is 11.8 Å². The number of ether oxygens (including phenoxy) is 1. The van der Waals surface area contributed by atoms with Crippen molar-refractivity contribution >= 4 is 59.3 Å². The Hall–Kier alpha value is -6.59. The minimum atomic E-state index is -1.60. The number of rotatable bonds is 20. The number of hydrogen-bond donors (Lipinski definition) is 11. The fraction of sp³-hybridized carbons (Fsp3) is 0.450. The summed E-state index contributed by atoms with van der Waals surface area (Å²) in [7, 11) is 1.33. The van der Waals surface area contributed by atoms with Crippen molar-refractivity contribution in [1.29, 1.82) is 0 Å². The number of nitrogens with zero attached hydrogens (tertiary/aromatic N) is 2. The van der Waals surface area contributed by atoms with Gasteiger partial charge in [-0.05, 0) is 60.7 Å². The number of nitrogens with two attached hydrogens (primary N) is 1. The zero-order valence-electron chi connectivity index (χ0n) is 34.7. The number of aliphatic hydroxyl groups is 1. The molecule has 4 rings (SSSR count). The molecule has 2 fully saturated rings. The molecule has 2 aliphatic rings. The van der Waals surface area contributed by atoms with E-state index in [2.05, 4.69) is 31.9 Å². The van der Waals surface area contributed by atoms with Crippen molar-refractivity contribution in [3.05, 3.63) is 71.6 Å². The van der Waals surface area contributed by atoms with Crippen LogP contribution in [0.15, 0.2) is 60.5 Å². The van der Waals surface area contributed by atoms with Gasteiger partial charge in [-0.1, -0.05) is 24.3 Å². The van der Waals surface area contributed by atoms with Gasteiger partial charge in [-0.3, -0.25) is 34.2 Å². The predicted octanol–water partition coefficient (Wildman–Crippen LogP) is -1.46. The Balaban J connectivity index is 1.59. The first-order valence-electron chi connectivity index (χ1n) is 19.8. The van der Waals surface area contributed by atoms with Crippen molar-refractivity contribution in [3.8, 4) is 11.5 Å². The lowest BCUT2D eigenvalue weighted by atomic mass is 10.0. The van der Waals surface area contributed by atoms with E-state index in [1.54, 1.807) is 24.5 Å². The molecule has 0 unspecified atom stereocenters. The number of benzene rings is 2. The third kappa shape index (κ3) is 14.2. The van der Waals surface area contributed by atoms with Crippen molar-refractivity contribution in [2.24, 2.45) is 5.73 Å². The average Bonchev–Trinajstić information content (AvgIpc) is 3.61. The summed E-state index contributed by atoms with van der Waals surface area (Å²) in [6.45, 7) is 0.941. The molecule has 2 aromatic rings. The number of nitrogens with one attached hydrogen (secondary N) is 6. The van der Waals surface area contributed by atoms with E-state index in [0.717, 1.165) is 16.0 Å². The third-order valence-corrected chi connectivity index (χ3v) is 10.8. The first-order chi connectivity index (χ1) is 29.9. The number of aromatic hydroxyl groups is 2. The Kier molecular flexibility index (Phi) is 17.9. The van der Waals surface area contributed by atoms with Gasteiger partial charge in [-0.15, -0.1) is 0 Å². The van der Waals surface area contributed by atoms with Crippen molar-refractivity contribution in [2.75, 3.05) is 32.1 Å². The first-order valence-corrected chi connectivity index (χ1v) is 21.2. The number of phenols is 2. The molecule has 0 aliphatic carbocycles. The summed E-state index contributed by atoms with van der Waals surface area (Å²) < 4.78 is 5.76. The van der Waals surface area contributed by atoms with Gasteiger partial charge in [0.15, 0.2) is 0 Å². The minimum absolute atomic E-state index is 0.00611. The number of carboxylic acid groups (broad SMARTS) is 1. The van der Waals surface area contributed by atoms with Gasteiger partial charge in [0.25, 0.3) is 0 Å². The van der Waals surface area contributed by atoms with Gasteiger partial charge < -0.3 is 62.4 Å². The molecule has 22 nitrogen and oxygen atoms in total. The van der Waals surface area contributed by atoms with E-state index in [9.17, 15) is 58.8 Å². The van der Waals surface area contributed by atoms with Crippen LogP contribution in [0.3, 0.4) is 0 Å². The highest BCUT2D eigenvalue weighted by Gasteiger charge is 2.41. The van der Waals surface area contributed by atoms with Crippen LogP contribution < -0.4 is 37.6 Å². The summed E-state index contributed by atoms with van der Waals surface area (Å²) in [6, 6.07) is 3.09. The summed E-state index contributed by atoms with van der Waals surface area (Å²) in [6.07, 6.45) is -0.0827. The molecule has 9 amide bonds. The Labute approximate surface area is 366 Å². The first kappa shape index (κ1) is 49.1. The van der Waals surface area contributed by atoms with Crippen molar-refractivity contribution in [3.63, 3.8) is 0 Å². The van der Waals surface area contributed by atoms with Gasteiger partial charge in [-0.25, -0.2) is 14.4 Å². The van der Waals surface area contributed by atoms with Crippen LogP contribution in [0.4, 0.5) is 9.59 Å². The molecule has 0 bridgehead atoms. The maximum absolute atomic E-state index is 14.1. The number of carbonyl (C=O) groups is 8. The number of thioether (sulfide) groups is 1. The Bertz CT molecular complexity index is 2060. The zero-order chi connectivity index (χ0) is 46.4. The topological polar surface area (TPSA) is 331 Å². The van der Waals surface area contributed by atoms with E-state index in [4.69, 9.17) is 10.5 Å². The molecule has 2 heterocycles. The molecule has 23 heteroatoms. The molecule has 0 radical (unpaired) electrons. The Morgan fingerprint density at radius 3 is 2.14 bits per heavy atom. The van der Waals surface area contributed by atoms with Gasteiger partial charge in [0.1, 0.15) is 47.5 Å². The lowest BCUT2D eigenvalue weighted by Crippen LogP contribution is -2.62. The second kappa shape index (κ2) is 23.0. The summed E-state index contributed by atoms with van der Waals surface area (Å²) >= 11 is 1.33. The number of aliphatic carboxylic acids is 1. The molecule has 63 heavy (non-hydrogen) atoms. The second-order valence-electron chi connectivity index (χ2n) is 14.8. The van der Waals surface area contributed by atoms with E-state index in [0.29, 0.717) is 16.9 Å². The second-order valence-corrected chi connectivity index (χ2v) is 15.8. The van der Waals surface area contributed by atoms with E-state index >= 15 is 0 Å². The highest BCUT2D eigenvalue weighted by Crippen LogP contribution is 2.27.